The van der Waals surface area contributed by atoms with Crippen molar-refractivity contribution in [3.05, 3.63) is 169 Å². The summed E-state index contributed by atoms with van der Waals surface area (Å²) in [5.74, 6) is 1.96. The highest BCUT2D eigenvalue weighted by Gasteiger charge is 2.17. The summed E-state index contributed by atoms with van der Waals surface area (Å²) in [6, 6.07) is 44.6. The highest BCUT2D eigenvalue weighted by Crippen LogP contribution is 2.38. The van der Waals surface area contributed by atoms with Crippen LogP contribution in [0.5, 0.6) is 0 Å². The maximum atomic E-state index is 4.94. The van der Waals surface area contributed by atoms with Crippen molar-refractivity contribution in [3.8, 4) is 67.5 Å². The van der Waals surface area contributed by atoms with E-state index in [-0.39, 0.29) is 0 Å². The molecule has 0 atom stereocenters. The number of rotatable bonds is 8. The lowest BCUT2D eigenvalue weighted by atomic mass is 9.86. The number of benzene rings is 5. The Morgan fingerprint density at radius 1 is 0.547 bits per heavy atom. The molecule has 0 spiro atoms. The lowest BCUT2D eigenvalue weighted by Gasteiger charge is -2.23. The zero-order valence-corrected chi connectivity index (χ0v) is 30.4. The minimum atomic E-state index is 0.649. The third kappa shape index (κ3) is 7.25. The molecule has 0 radical (unpaired) electrons. The van der Waals surface area contributed by atoms with E-state index in [4.69, 9.17) is 15.0 Å². The topological polar surface area (TPSA) is 54.8 Å². The molecule has 1 aliphatic rings. The molecule has 5 heteroatoms. The van der Waals surface area contributed by atoms with Crippen molar-refractivity contribution < 1.29 is 0 Å². The van der Waals surface area contributed by atoms with Crippen LogP contribution in [0.15, 0.2) is 152 Å². The Labute approximate surface area is 312 Å². The predicted molar refractivity (Wildman–Crippen MR) is 220 cm³/mol. The van der Waals surface area contributed by atoms with Gasteiger partial charge in [0.2, 0.25) is 0 Å². The van der Waals surface area contributed by atoms with E-state index >= 15 is 0 Å². The van der Waals surface area contributed by atoms with Crippen LogP contribution in [0.4, 0.5) is 0 Å². The summed E-state index contributed by atoms with van der Waals surface area (Å²) in [4.78, 5) is 21.4. The molecule has 0 fully saturated rings. The van der Waals surface area contributed by atoms with Crippen LogP contribution >= 0.6 is 0 Å². The molecule has 3 heterocycles. The molecule has 53 heavy (non-hydrogen) atoms. The van der Waals surface area contributed by atoms with Crippen LogP contribution in [-0.2, 0) is 0 Å². The molecular formula is C48H41N5. The Kier molecular flexibility index (Phi) is 9.65. The van der Waals surface area contributed by atoms with Crippen molar-refractivity contribution in [2.45, 2.75) is 20.3 Å². The number of hydrogen-bond acceptors (Lipinski definition) is 5. The second kappa shape index (κ2) is 15.1. The van der Waals surface area contributed by atoms with E-state index < -0.39 is 0 Å². The maximum absolute atomic E-state index is 4.94. The molecule has 0 aliphatic carbocycles. The molecule has 0 unspecified atom stereocenters. The van der Waals surface area contributed by atoms with E-state index in [1.165, 1.54) is 50.1 Å². The van der Waals surface area contributed by atoms with Crippen LogP contribution in [0, 0.1) is 6.92 Å². The number of allylic oxidation sites excluding steroid dienone is 1. The summed E-state index contributed by atoms with van der Waals surface area (Å²) in [5, 5.41) is 0. The lowest BCUT2D eigenvalue weighted by molar-refractivity contribution is 0.370. The Hall–Kier alpha value is -6.30. The fourth-order valence-electron chi connectivity index (χ4n) is 7.12. The van der Waals surface area contributed by atoms with Gasteiger partial charge in [-0.05, 0) is 113 Å². The quantitative estimate of drug-likeness (QED) is 0.159. The molecule has 258 valence electrons. The first-order valence-electron chi connectivity index (χ1n) is 18.2. The molecular weight excluding hydrogens is 647 g/mol. The zero-order chi connectivity index (χ0) is 36.1. The van der Waals surface area contributed by atoms with Gasteiger partial charge in [0.25, 0.3) is 0 Å². The number of nitrogens with zero attached hydrogens (tertiary/aromatic N) is 5. The minimum absolute atomic E-state index is 0.649. The zero-order valence-electron chi connectivity index (χ0n) is 30.4. The highest BCUT2D eigenvalue weighted by molar-refractivity contribution is 5.87. The molecule has 7 aromatic rings. The fraction of sp³-hybridized carbons (Fsp3) is 0.125. The van der Waals surface area contributed by atoms with Crippen molar-refractivity contribution in [1.29, 1.82) is 0 Å². The average molecular weight is 688 g/mol. The lowest BCUT2D eigenvalue weighted by Crippen LogP contribution is -2.23. The Morgan fingerprint density at radius 3 is 1.68 bits per heavy atom. The van der Waals surface area contributed by atoms with Crippen molar-refractivity contribution in [2.24, 2.45) is 0 Å². The molecule has 1 aliphatic heterocycles. The third-order valence-corrected chi connectivity index (χ3v) is 10.0. The monoisotopic (exact) mass is 687 g/mol. The third-order valence-electron chi connectivity index (χ3n) is 10.0. The van der Waals surface area contributed by atoms with Gasteiger partial charge >= 0.3 is 0 Å². The van der Waals surface area contributed by atoms with Crippen molar-refractivity contribution >= 4 is 11.6 Å². The highest BCUT2D eigenvalue weighted by atomic mass is 15.1. The van der Waals surface area contributed by atoms with Gasteiger partial charge in [-0.3, -0.25) is 4.98 Å². The fourth-order valence-corrected chi connectivity index (χ4v) is 7.12. The van der Waals surface area contributed by atoms with Crippen LogP contribution in [-0.4, -0.2) is 45.0 Å². The van der Waals surface area contributed by atoms with Gasteiger partial charge in [-0.15, -0.1) is 0 Å². The smallest absolute Gasteiger partial charge is 0.164 e. The van der Waals surface area contributed by atoms with Gasteiger partial charge in [-0.2, -0.15) is 0 Å². The predicted octanol–water partition coefficient (Wildman–Crippen LogP) is 11.3. The van der Waals surface area contributed by atoms with Crippen molar-refractivity contribution in [2.75, 3.05) is 20.1 Å². The summed E-state index contributed by atoms with van der Waals surface area (Å²) < 4.78 is 0. The van der Waals surface area contributed by atoms with Gasteiger partial charge in [-0.25, -0.2) is 15.0 Å². The summed E-state index contributed by atoms with van der Waals surface area (Å²) in [6.45, 7) is 6.36. The van der Waals surface area contributed by atoms with E-state index in [1.54, 1.807) is 0 Å². The summed E-state index contributed by atoms with van der Waals surface area (Å²) >= 11 is 0. The van der Waals surface area contributed by atoms with Gasteiger partial charge in [0.1, 0.15) is 0 Å². The second-order valence-electron chi connectivity index (χ2n) is 13.6. The number of pyridine rings is 1. The molecule has 0 bridgehead atoms. The Balaban J connectivity index is 1.18. The second-order valence-corrected chi connectivity index (χ2v) is 13.6. The van der Waals surface area contributed by atoms with Gasteiger partial charge in [-0.1, -0.05) is 115 Å². The standard InChI is InChI=1S/C48H41N5/c1-4-11-44-33(2)43(20-21-45(44)42-31-40(34-22-26-49-27-23-34)30-41(32-42)35-24-28-53(3)29-25-35)36-16-18-39(19-17-36)48-51-46(37-12-7-5-8-13-37)50-47(52-48)38-14-9-6-10-15-38/h4-24,26-27,30-32H,25,28-29H2,1-3H3/b11-4-. The summed E-state index contributed by atoms with van der Waals surface area (Å²) in [5.41, 5.74) is 15.2. The number of hydrogen-bond donors (Lipinski definition) is 0. The molecule has 0 amide bonds. The first-order chi connectivity index (χ1) is 26.0. The van der Waals surface area contributed by atoms with Gasteiger partial charge in [0.05, 0.1) is 0 Å². The summed E-state index contributed by atoms with van der Waals surface area (Å²) in [6.07, 6.45) is 11.6. The molecule has 2 aromatic heterocycles. The van der Waals surface area contributed by atoms with Gasteiger partial charge < -0.3 is 4.90 Å². The van der Waals surface area contributed by atoms with Crippen LogP contribution < -0.4 is 0 Å². The normalized spacial score (nSPS) is 13.3. The van der Waals surface area contributed by atoms with E-state index in [2.05, 4.69) is 116 Å². The molecule has 0 saturated heterocycles. The molecule has 5 nitrogen and oxygen atoms in total. The van der Waals surface area contributed by atoms with Crippen molar-refractivity contribution in [1.82, 2.24) is 24.8 Å². The Morgan fingerprint density at radius 2 is 1.09 bits per heavy atom. The van der Waals surface area contributed by atoms with E-state index in [0.717, 1.165) is 41.8 Å². The SMILES string of the molecule is C/C=C\c1c(-c2cc(C3=CCN(C)CC3)cc(-c3ccncc3)c2)ccc(-c2ccc(-c3nc(-c4ccccc4)nc(-c4ccccc4)n3)cc2)c1C. The first-order valence-corrected chi connectivity index (χ1v) is 18.2. The van der Waals surface area contributed by atoms with Crippen molar-refractivity contribution in [3.63, 3.8) is 0 Å². The maximum Gasteiger partial charge on any atom is 0.164 e. The average Bonchev–Trinajstić information content (AvgIpc) is 3.22. The van der Waals surface area contributed by atoms with Gasteiger partial charge in [0, 0.05) is 42.2 Å². The molecule has 5 aromatic carbocycles. The van der Waals surface area contributed by atoms with Crippen LogP contribution in [0.1, 0.15) is 30.0 Å². The Bertz CT molecular complexity index is 2380. The summed E-state index contributed by atoms with van der Waals surface area (Å²) in [7, 11) is 2.18. The van der Waals surface area contributed by atoms with E-state index in [0.29, 0.717) is 17.5 Å². The number of likely N-dealkylation sites (N-methyl/N-ethyl adjacent to an activating group) is 1. The van der Waals surface area contributed by atoms with Crippen LogP contribution in [0.3, 0.4) is 0 Å². The van der Waals surface area contributed by atoms with Gasteiger partial charge in [0.15, 0.2) is 17.5 Å². The van der Waals surface area contributed by atoms with E-state index in [1.807, 2.05) is 73.1 Å². The number of aromatic nitrogens is 4. The van der Waals surface area contributed by atoms with Crippen LogP contribution in [0.2, 0.25) is 0 Å². The van der Waals surface area contributed by atoms with Crippen LogP contribution in [0.25, 0.3) is 79.2 Å². The minimum Gasteiger partial charge on any atom is -0.302 e. The molecule has 0 N–H and O–H groups in total. The first kappa shape index (κ1) is 33.8. The molecule has 0 saturated carbocycles. The molecule has 8 rings (SSSR count). The van der Waals surface area contributed by atoms with E-state index in [9.17, 15) is 0 Å². The largest absolute Gasteiger partial charge is 0.302 e.